The van der Waals surface area contributed by atoms with Gasteiger partial charge in [-0.05, 0) is 18.2 Å². The molecular formula is C12H10N4O2S. The van der Waals surface area contributed by atoms with Gasteiger partial charge in [-0.2, -0.15) is 5.10 Å². The summed E-state index contributed by atoms with van der Waals surface area (Å²) in [6, 6.07) is 5.80. The smallest absolute Gasteiger partial charge is 0.231 e. The van der Waals surface area contributed by atoms with Crippen LogP contribution in [0.25, 0.3) is 15.5 Å². The summed E-state index contributed by atoms with van der Waals surface area (Å²) in [6.45, 7) is 0.704. The summed E-state index contributed by atoms with van der Waals surface area (Å²) in [5, 5.41) is 5.39. The largest absolute Gasteiger partial charge is 0.454 e. The summed E-state index contributed by atoms with van der Waals surface area (Å²) in [4.78, 5) is 5.23. The van der Waals surface area contributed by atoms with Crippen molar-refractivity contribution in [1.29, 1.82) is 0 Å². The molecule has 19 heavy (non-hydrogen) atoms. The second-order valence-electron chi connectivity index (χ2n) is 4.14. The van der Waals surface area contributed by atoms with Crippen LogP contribution in [0.15, 0.2) is 24.4 Å². The highest BCUT2D eigenvalue weighted by molar-refractivity contribution is 7.19. The number of aromatic nitrogens is 3. The van der Waals surface area contributed by atoms with Crippen LogP contribution in [-0.2, 0) is 6.54 Å². The van der Waals surface area contributed by atoms with Crippen LogP contribution in [0.4, 0.5) is 0 Å². The first-order valence-corrected chi connectivity index (χ1v) is 6.60. The van der Waals surface area contributed by atoms with Crippen molar-refractivity contribution in [2.45, 2.75) is 6.54 Å². The minimum Gasteiger partial charge on any atom is -0.454 e. The number of ether oxygens (including phenoxy) is 2. The van der Waals surface area contributed by atoms with Gasteiger partial charge in [-0.25, -0.2) is 9.50 Å². The number of hydrogen-bond donors (Lipinski definition) is 1. The topological polar surface area (TPSA) is 74.7 Å². The van der Waals surface area contributed by atoms with E-state index in [9.17, 15) is 0 Å². The first-order chi connectivity index (χ1) is 9.33. The molecule has 7 heteroatoms. The SMILES string of the molecule is NCc1cn2nc(-c3ccc4c(c3)OCO4)sc2n1. The molecule has 0 fully saturated rings. The molecule has 0 radical (unpaired) electrons. The first-order valence-electron chi connectivity index (χ1n) is 5.78. The van der Waals surface area contributed by atoms with E-state index in [2.05, 4.69) is 10.1 Å². The molecule has 0 unspecified atom stereocenters. The molecule has 0 spiro atoms. The van der Waals surface area contributed by atoms with Crippen molar-refractivity contribution in [3.05, 3.63) is 30.1 Å². The Balaban J connectivity index is 1.79. The molecule has 0 amide bonds. The third-order valence-electron chi connectivity index (χ3n) is 2.92. The fraction of sp³-hybridized carbons (Fsp3) is 0.167. The van der Waals surface area contributed by atoms with Gasteiger partial charge in [0.2, 0.25) is 11.8 Å². The molecule has 1 aromatic carbocycles. The Morgan fingerprint density at radius 2 is 2.21 bits per heavy atom. The molecule has 4 rings (SSSR count). The maximum absolute atomic E-state index is 5.55. The summed E-state index contributed by atoms with van der Waals surface area (Å²) in [5.41, 5.74) is 7.39. The van der Waals surface area contributed by atoms with Gasteiger partial charge in [0.05, 0.1) is 11.9 Å². The lowest BCUT2D eigenvalue weighted by molar-refractivity contribution is 0.174. The van der Waals surface area contributed by atoms with Gasteiger partial charge >= 0.3 is 0 Å². The molecule has 2 N–H and O–H groups in total. The Bertz CT molecular complexity index is 733. The highest BCUT2D eigenvalue weighted by atomic mass is 32.1. The molecule has 0 aliphatic carbocycles. The lowest BCUT2D eigenvalue weighted by Gasteiger charge is -1.98. The van der Waals surface area contributed by atoms with Gasteiger partial charge in [-0.3, -0.25) is 0 Å². The van der Waals surface area contributed by atoms with Crippen molar-refractivity contribution in [1.82, 2.24) is 14.6 Å². The zero-order valence-corrected chi connectivity index (χ0v) is 10.7. The van der Waals surface area contributed by atoms with E-state index in [1.807, 2.05) is 24.4 Å². The fourth-order valence-electron chi connectivity index (χ4n) is 1.99. The fourth-order valence-corrected chi connectivity index (χ4v) is 2.89. The summed E-state index contributed by atoms with van der Waals surface area (Å²) in [5.74, 6) is 1.53. The van der Waals surface area contributed by atoms with Crippen molar-refractivity contribution in [2.24, 2.45) is 5.73 Å². The van der Waals surface area contributed by atoms with E-state index < -0.39 is 0 Å². The van der Waals surface area contributed by atoms with Crippen LogP contribution in [0.1, 0.15) is 5.69 Å². The average molecular weight is 274 g/mol. The predicted octanol–water partition coefficient (Wildman–Crippen LogP) is 1.65. The van der Waals surface area contributed by atoms with Gasteiger partial charge < -0.3 is 15.2 Å². The third kappa shape index (κ3) is 1.66. The Morgan fingerprint density at radius 1 is 1.32 bits per heavy atom. The first kappa shape index (κ1) is 10.8. The van der Waals surface area contributed by atoms with Crippen molar-refractivity contribution < 1.29 is 9.47 Å². The minimum absolute atomic E-state index is 0.278. The van der Waals surface area contributed by atoms with E-state index in [1.165, 1.54) is 11.3 Å². The number of imidazole rings is 1. The third-order valence-corrected chi connectivity index (χ3v) is 3.89. The van der Waals surface area contributed by atoms with Gasteiger partial charge in [0, 0.05) is 12.1 Å². The van der Waals surface area contributed by atoms with Crippen LogP contribution in [0.5, 0.6) is 11.5 Å². The summed E-state index contributed by atoms with van der Waals surface area (Å²) >= 11 is 1.52. The van der Waals surface area contributed by atoms with E-state index >= 15 is 0 Å². The van der Waals surface area contributed by atoms with Gasteiger partial charge in [-0.1, -0.05) is 11.3 Å². The predicted molar refractivity (Wildman–Crippen MR) is 70.3 cm³/mol. The number of hydrogen-bond acceptors (Lipinski definition) is 6. The van der Waals surface area contributed by atoms with Crippen LogP contribution in [0.2, 0.25) is 0 Å². The van der Waals surface area contributed by atoms with Crippen molar-refractivity contribution in [3.8, 4) is 22.1 Å². The highest BCUT2D eigenvalue weighted by Crippen LogP contribution is 2.36. The monoisotopic (exact) mass is 274 g/mol. The Labute approximate surface area is 112 Å². The molecule has 96 valence electrons. The lowest BCUT2D eigenvalue weighted by atomic mass is 10.2. The maximum Gasteiger partial charge on any atom is 0.231 e. The van der Waals surface area contributed by atoms with Crippen molar-refractivity contribution >= 4 is 16.3 Å². The number of rotatable bonds is 2. The second kappa shape index (κ2) is 3.94. The number of fused-ring (bicyclic) bond motifs is 2. The molecule has 2 aromatic heterocycles. The average Bonchev–Trinajstić information content (AvgIpc) is 3.10. The summed E-state index contributed by atoms with van der Waals surface area (Å²) in [7, 11) is 0. The van der Waals surface area contributed by atoms with Gasteiger partial charge in [0.25, 0.3) is 0 Å². The van der Waals surface area contributed by atoms with Crippen LogP contribution in [0, 0.1) is 0 Å². The molecule has 0 atom stereocenters. The normalized spacial score (nSPS) is 13.3. The van der Waals surface area contributed by atoms with Crippen molar-refractivity contribution in [2.75, 3.05) is 6.79 Å². The number of nitrogens with two attached hydrogens (primary N) is 1. The van der Waals surface area contributed by atoms with Crippen LogP contribution < -0.4 is 15.2 Å². The molecule has 0 saturated heterocycles. The summed E-state index contributed by atoms with van der Waals surface area (Å²) in [6.07, 6.45) is 1.85. The zero-order valence-electron chi connectivity index (χ0n) is 9.87. The van der Waals surface area contributed by atoms with Gasteiger partial charge in [0.15, 0.2) is 11.5 Å². The number of benzene rings is 1. The molecule has 0 bridgehead atoms. The van der Waals surface area contributed by atoms with E-state index in [0.29, 0.717) is 6.54 Å². The molecule has 1 aliphatic heterocycles. The Hall–Kier alpha value is -2.12. The molecule has 3 heterocycles. The Morgan fingerprint density at radius 3 is 3.05 bits per heavy atom. The molecule has 3 aromatic rings. The van der Waals surface area contributed by atoms with E-state index in [1.54, 1.807) is 4.52 Å². The molecular weight excluding hydrogens is 264 g/mol. The van der Waals surface area contributed by atoms with Crippen LogP contribution in [-0.4, -0.2) is 21.4 Å². The Kier molecular flexibility index (Phi) is 2.23. The molecule has 0 saturated carbocycles. The number of nitrogens with zero attached hydrogens (tertiary/aromatic N) is 3. The summed E-state index contributed by atoms with van der Waals surface area (Å²) < 4.78 is 12.4. The van der Waals surface area contributed by atoms with Gasteiger partial charge in [-0.15, -0.1) is 0 Å². The quantitative estimate of drug-likeness (QED) is 0.769. The van der Waals surface area contributed by atoms with Crippen molar-refractivity contribution in [3.63, 3.8) is 0 Å². The second-order valence-corrected chi connectivity index (χ2v) is 5.09. The lowest BCUT2D eigenvalue weighted by Crippen LogP contribution is -1.95. The maximum atomic E-state index is 5.55. The van der Waals surface area contributed by atoms with Crippen LogP contribution >= 0.6 is 11.3 Å². The minimum atomic E-state index is 0.278. The zero-order chi connectivity index (χ0) is 12.8. The van der Waals surface area contributed by atoms with E-state index in [4.69, 9.17) is 15.2 Å². The van der Waals surface area contributed by atoms with E-state index in [-0.39, 0.29) is 6.79 Å². The van der Waals surface area contributed by atoms with Crippen LogP contribution in [0.3, 0.4) is 0 Å². The van der Waals surface area contributed by atoms with Gasteiger partial charge in [0.1, 0.15) is 5.01 Å². The molecule has 1 aliphatic rings. The standard InChI is InChI=1S/C12H10N4O2S/c13-4-8-5-16-12(14-8)19-11(15-16)7-1-2-9-10(3-7)18-6-17-9/h1-3,5H,4,6,13H2. The highest BCUT2D eigenvalue weighted by Gasteiger charge is 2.16. The van der Waals surface area contributed by atoms with E-state index in [0.717, 1.165) is 32.7 Å². The molecule has 6 nitrogen and oxygen atoms in total.